The van der Waals surface area contributed by atoms with Crippen LogP contribution in [-0.2, 0) is 0 Å². The molecule has 1 amide bonds. The summed E-state index contributed by atoms with van der Waals surface area (Å²) in [4.78, 5) is 20.2. The third-order valence-corrected chi connectivity index (χ3v) is 5.14. The first-order valence-corrected chi connectivity index (χ1v) is 8.15. The number of aromatic nitrogens is 1. The lowest BCUT2D eigenvalue weighted by Crippen LogP contribution is -1.96. The quantitative estimate of drug-likeness (QED) is 0.707. The fourth-order valence-electron chi connectivity index (χ4n) is 2.59. The predicted octanol–water partition coefficient (Wildman–Crippen LogP) is 4.20. The van der Waals surface area contributed by atoms with Crippen molar-refractivity contribution in [2.24, 2.45) is 4.99 Å². The Hall–Kier alpha value is -2.18. The van der Waals surface area contributed by atoms with E-state index in [1.165, 1.54) is 11.3 Å². The molecule has 2 aromatic heterocycles. The van der Waals surface area contributed by atoms with Gasteiger partial charge in [0.15, 0.2) is 5.88 Å². The lowest BCUT2D eigenvalue weighted by molar-refractivity contribution is 0.101. The van der Waals surface area contributed by atoms with Gasteiger partial charge in [0.05, 0.1) is 31.2 Å². The summed E-state index contributed by atoms with van der Waals surface area (Å²) in [7, 11) is 0. The normalized spacial score (nSPS) is 13.3. The number of hydrogen-bond acceptors (Lipinski definition) is 3. The predicted molar refractivity (Wildman–Crippen MR) is 89.9 cm³/mol. The molecule has 1 aliphatic heterocycles. The summed E-state index contributed by atoms with van der Waals surface area (Å²) in [6.07, 6.45) is 0. The molecule has 1 aliphatic rings. The van der Waals surface area contributed by atoms with Gasteiger partial charge in [-0.25, -0.2) is 4.99 Å². The van der Waals surface area contributed by atoms with Crippen molar-refractivity contribution in [3.05, 3.63) is 62.3 Å². The third kappa shape index (κ3) is 1.95. The first-order valence-electron chi connectivity index (χ1n) is 6.54. The van der Waals surface area contributed by atoms with Gasteiger partial charge in [0.2, 0.25) is 0 Å². The molecular weight excluding hydrogens is 364 g/mol. The molecule has 0 saturated carbocycles. The Bertz CT molecular complexity index is 925. The van der Waals surface area contributed by atoms with E-state index < -0.39 is 0 Å². The molecular formula is C16H9BrN2O2S. The molecule has 22 heavy (non-hydrogen) atoms. The first kappa shape index (κ1) is 13.5. The highest BCUT2D eigenvalue weighted by atomic mass is 79.9. The van der Waals surface area contributed by atoms with E-state index in [0.29, 0.717) is 22.5 Å². The molecule has 4 nitrogen and oxygen atoms in total. The van der Waals surface area contributed by atoms with E-state index in [-0.39, 0.29) is 11.8 Å². The summed E-state index contributed by atoms with van der Waals surface area (Å²) in [5.74, 6) is -0.354. The highest BCUT2D eigenvalue weighted by molar-refractivity contribution is 9.11. The lowest BCUT2D eigenvalue weighted by atomic mass is 10.0. The number of H-pyrrole nitrogens is 1. The highest BCUT2D eigenvalue weighted by Crippen LogP contribution is 2.39. The Morgan fingerprint density at radius 1 is 1.09 bits per heavy atom. The minimum Gasteiger partial charge on any atom is -0.494 e. The van der Waals surface area contributed by atoms with Crippen molar-refractivity contribution < 1.29 is 9.90 Å². The van der Waals surface area contributed by atoms with Gasteiger partial charge in [-0.15, -0.1) is 11.3 Å². The molecule has 0 spiro atoms. The number of thiophene rings is 1. The van der Waals surface area contributed by atoms with E-state index in [1.807, 2.05) is 42.5 Å². The Labute approximate surface area is 138 Å². The largest absolute Gasteiger partial charge is 0.494 e. The van der Waals surface area contributed by atoms with Crippen LogP contribution in [0.4, 0.5) is 0 Å². The lowest BCUT2D eigenvalue weighted by Gasteiger charge is -1.99. The number of aromatic amines is 1. The van der Waals surface area contributed by atoms with Crippen LogP contribution in [0.25, 0.3) is 11.3 Å². The van der Waals surface area contributed by atoms with Crippen LogP contribution < -0.4 is 0 Å². The topological polar surface area (TPSA) is 65.4 Å². The zero-order chi connectivity index (χ0) is 15.3. The maximum Gasteiger partial charge on any atom is 0.280 e. The molecule has 1 aromatic carbocycles. The standard InChI is InChI=1S/C16H9BrN2O2S/c17-10-7-6-9(22-10)14-12-11(15(20)19-14)13(18-16(12)21)8-4-2-1-3-5-8/h1-7,18,21H. The summed E-state index contributed by atoms with van der Waals surface area (Å²) < 4.78 is 0.949. The van der Waals surface area contributed by atoms with Crippen molar-refractivity contribution >= 4 is 38.9 Å². The number of halogens is 1. The number of aromatic hydroxyl groups is 1. The van der Waals surface area contributed by atoms with Crippen molar-refractivity contribution in [2.45, 2.75) is 0 Å². The Morgan fingerprint density at radius 2 is 1.86 bits per heavy atom. The van der Waals surface area contributed by atoms with Crippen LogP contribution in [0, 0.1) is 0 Å². The van der Waals surface area contributed by atoms with Gasteiger partial charge in [-0.1, -0.05) is 30.3 Å². The second-order valence-electron chi connectivity index (χ2n) is 4.83. The molecule has 0 radical (unpaired) electrons. The van der Waals surface area contributed by atoms with Crippen molar-refractivity contribution in [3.8, 4) is 17.1 Å². The average Bonchev–Trinajstić information content (AvgIpc) is 3.18. The van der Waals surface area contributed by atoms with Gasteiger partial charge < -0.3 is 10.1 Å². The molecule has 0 unspecified atom stereocenters. The Balaban J connectivity index is 1.92. The van der Waals surface area contributed by atoms with Gasteiger partial charge in [0.1, 0.15) is 0 Å². The van der Waals surface area contributed by atoms with Crippen LogP contribution in [0.5, 0.6) is 5.88 Å². The molecule has 3 heterocycles. The van der Waals surface area contributed by atoms with Crippen LogP contribution in [0.15, 0.2) is 51.2 Å². The van der Waals surface area contributed by atoms with Crippen molar-refractivity contribution in [1.82, 2.24) is 4.98 Å². The van der Waals surface area contributed by atoms with Gasteiger partial charge in [-0.3, -0.25) is 4.79 Å². The monoisotopic (exact) mass is 372 g/mol. The maximum atomic E-state index is 12.3. The Kier molecular flexibility index (Phi) is 3.02. The molecule has 0 aliphatic carbocycles. The van der Waals surface area contributed by atoms with Crippen molar-refractivity contribution in [2.75, 3.05) is 0 Å². The third-order valence-electron chi connectivity index (χ3n) is 3.51. The van der Waals surface area contributed by atoms with Gasteiger partial charge in [0, 0.05) is 0 Å². The number of amides is 1. The Morgan fingerprint density at radius 3 is 2.55 bits per heavy atom. The number of aliphatic imine (C=N–C) groups is 1. The number of rotatable bonds is 2. The van der Waals surface area contributed by atoms with E-state index in [2.05, 4.69) is 25.9 Å². The number of hydrogen-bond donors (Lipinski definition) is 2. The van der Waals surface area contributed by atoms with Crippen LogP contribution in [0.2, 0.25) is 0 Å². The number of benzene rings is 1. The molecule has 2 N–H and O–H groups in total. The van der Waals surface area contributed by atoms with Crippen LogP contribution in [0.3, 0.4) is 0 Å². The van der Waals surface area contributed by atoms with E-state index >= 15 is 0 Å². The fourth-order valence-corrected chi connectivity index (χ4v) is 3.97. The minimum absolute atomic E-state index is 0.0250. The van der Waals surface area contributed by atoms with Gasteiger partial charge >= 0.3 is 0 Å². The van der Waals surface area contributed by atoms with Crippen molar-refractivity contribution in [3.63, 3.8) is 0 Å². The smallest absolute Gasteiger partial charge is 0.280 e. The molecule has 0 bridgehead atoms. The highest BCUT2D eigenvalue weighted by Gasteiger charge is 2.33. The minimum atomic E-state index is -0.329. The number of carbonyl (C=O) groups excluding carboxylic acids is 1. The zero-order valence-corrected chi connectivity index (χ0v) is 13.5. The molecule has 0 fully saturated rings. The summed E-state index contributed by atoms with van der Waals surface area (Å²) in [6.45, 7) is 0. The van der Waals surface area contributed by atoms with E-state index in [1.54, 1.807) is 0 Å². The SMILES string of the molecule is O=C1N=C(c2ccc(Br)s2)c2c(O)[nH]c(-c3ccccc3)c21. The second kappa shape index (κ2) is 4.93. The summed E-state index contributed by atoms with van der Waals surface area (Å²) in [6, 6.07) is 13.2. The number of carbonyl (C=O) groups is 1. The number of nitrogens with zero attached hydrogens (tertiary/aromatic N) is 1. The molecule has 108 valence electrons. The van der Waals surface area contributed by atoms with Crippen LogP contribution in [-0.4, -0.2) is 21.7 Å². The zero-order valence-electron chi connectivity index (χ0n) is 11.1. The summed E-state index contributed by atoms with van der Waals surface area (Å²) >= 11 is 4.88. The maximum absolute atomic E-state index is 12.3. The molecule has 4 rings (SSSR count). The van der Waals surface area contributed by atoms with Gasteiger partial charge in [-0.2, -0.15) is 0 Å². The van der Waals surface area contributed by atoms with Crippen LogP contribution >= 0.6 is 27.3 Å². The van der Waals surface area contributed by atoms with Crippen molar-refractivity contribution in [1.29, 1.82) is 0 Å². The van der Waals surface area contributed by atoms with E-state index in [4.69, 9.17) is 0 Å². The van der Waals surface area contributed by atoms with Gasteiger partial charge in [-0.05, 0) is 33.6 Å². The average molecular weight is 373 g/mol. The number of nitrogens with one attached hydrogen (secondary N) is 1. The summed E-state index contributed by atoms with van der Waals surface area (Å²) in [5, 5.41) is 10.3. The van der Waals surface area contributed by atoms with Crippen LogP contribution in [0.1, 0.15) is 20.8 Å². The first-order chi connectivity index (χ1) is 10.6. The molecule has 0 saturated heterocycles. The number of fused-ring (bicyclic) bond motifs is 1. The van der Waals surface area contributed by atoms with Gasteiger partial charge in [0.25, 0.3) is 5.91 Å². The molecule has 3 aromatic rings. The van der Waals surface area contributed by atoms with E-state index in [0.717, 1.165) is 14.2 Å². The van der Waals surface area contributed by atoms with E-state index in [9.17, 15) is 9.90 Å². The molecule has 0 atom stereocenters. The second-order valence-corrected chi connectivity index (χ2v) is 7.30. The summed E-state index contributed by atoms with van der Waals surface area (Å²) in [5.41, 5.74) is 2.89. The fraction of sp³-hybridized carbons (Fsp3) is 0. The molecule has 6 heteroatoms.